The van der Waals surface area contributed by atoms with Gasteiger partial charge >= 0.3 is 0 Å². The monoisotopic (exact) mass is 279 g/mol. The van der Waals surface area contributed by atoms with Gasteiger partial charge in [-0.2, -0.15) is 0 Å². The van der Waals surface area contributed by atoms with Crippen LogP contribution < -0.4 is 16.4 Å². The summed E-state index contributed by atoms with van der Waals surface area (Å²) in [6, 6.07) is 5.38. The Hall–Kier alpha value is -1.75. The number of ether oxygens (including phenoxy) is 1. The van der Waals surface area contributed by atoms with Crippen LogP contribution in [0.5, 0.6) is 0 Å². The molecular weight excluding hydrogens is 254 g/mol. The molecular formula is C15H25N3O2. The summed E-state index contributed by atoms with van der Waals surface area (Å²) in [5, 5.41) is 6.17. The molecule has 20 heavy (non-hydrogen) atoms. The van der Waals surface area contributed by atoms with Gasteiger partial charge in [0.15, 0.2) is 0 Å². The van der Waals surface area contributed by atoms with E-state index in [4.69, 9.17) is 10.5 Å². The van der Waals surface area contributed by atoms with Gasteiger partial charge in [0.1, 0.15) is 0 Å². The van der Waals surface area contributed by atoms with E-state index in [1.807, 2.05) is 6.92 Å². The first-order valence-electron chi connectivity index (χ1n) is 6.92. The van der Waals surface area contributed by atoms with E-state index in [9.17, 15) is 4.79 Å². The van der Waals surface area contributed by atoms with Gasteiger partial charge in [-0.05, 0) is 31.0 Å². The molecule has 0 fully saturated rings. The lowest BCUT2D eigenvalue weighted by molar-refractivity contribution is 0.0956. The average Bonchev–Trinajstić information content (AvgIpc) is 2.38. The minimum absolute atomic E-state index is 0.102. The molecule has 0 spiro atoms. The van der Waals surface area contributed by atoms with E-state index in [1.165, 1.54) is 0 Å². The first-order chi connectivity index (χ1) is 9.49. The maximum absolute atomic E-state index is 12.1. The summed E-state index contributed by atoms with van der Waals surface area (Å²) < 4.78 is 5.22. The van der Waals surface area contributed by atoms with Crippen molar-refractivity contribution in [3.63, 3.8) is 0 Å². The van der Waals surface area contributed by atoms with Crippen molar-refractivity contribution in [2.75, 3.05) is 31.3 Å². The van der Waals surface area contributed by atoms with Gasteiger partial charge in [-0.25, -0.2) is 0 Å². The van der Waals surface area contributed by atoms with E-state index in [0.717, 1.165) is 5.69 Å². The molecule has 5 heteroatoms. The highest BCUT2D eigenvalue weighted by Gasteiger charge is 2.17. The van der Waals surface area contributed by atoms with Crippen molar-refractivity contribution in [2.45, 2.75) is 26.8 Å². The second-order valence-corrected chi connectivity index (χ2v) is 5.11. The minimum Gasteiger partial charge on any atom is -0.399 e. The largest absolute Gasteiger partial charge is 0.399 e. The first kappa shape index (κ1) is 16.3. The number of nitrogens with two attached hydrogens (primary N) is 1. The molecule has 1 aromatic carbocycles. The van der Waals surface area contributed by atoms with E-state index in [0.29, 0.717) is 30.3 Å². The minimum atomic E-state index is -0.102. The number of hydrogen-bond acceptors (Lipinski definition) is 4. The molecule has 1 unspecified atom stereocenters. The molecule has 0 bridgehead atoms. The maximum atomic E-state index is 12.1. The van der Waals surface area contributed by atoms with Crippen LogP contribution in [0.4, 0.5) is 11.4 Å². The number of carbonyl (C=O) groups is 1. The molecule has 1 amide bonds. The van der Waals surface area contributed by atoms with Crippen LogP contribution >= 0.6 is 0 Å². The second kappa shape index (κ2) is 7.75. The Morgan fingerprint density at radius 3 is 2.65 bits per heavy atom. The number of methoxy groups -OCH3 is 1. The topological polar surface area (TPSA) is 76.4 Å². The van der Waals surface area contributed by atoms with Crippen LogP contribution in [0.25, 0.3) is 0 Å². The van der Waals surface area contributed by atoms with Crippen LogP contribution in [0.15, 0.2) is 18.2 Å². The number of nitrogen functional groups attached to an aromatic ring is 1. The van der Waals surface area contributed by atoms with E-state index in [1.54, 1.807) is 25.3 Å². The highest BCUT2D eigenvalue weighted by molar-refractivity contribution is 6.00. The predicted molar refractivity (Wildman–Crippen MR) is 83.0 cm³/mol. The lowest BCUT2D eigenvalue weighted by Crippen LogP contribution is -2.32. The third kappa shape index (κ3) is 4.42. The van der Waals surface area contributed by atoms with Crippen molar-refractivity contribution < 1.29 is 9.53 Å². The third-order valence-corrected chi connectivity index (χ3v) is 3.12. The number of anilines is 2. The molecule has 0 radical (unpaired) electrons. The van der Waals surface area contributed by atoms with Crippen molar-refractivity contribution in [1.82, 2.24) is 5.32 Å². The van der Waals surface area contributed by atoms with E-state index in [-0.39, 0.29) is 11.9 Å². The van der Waals surface area contributed by atoms with E-state index < -0.39 is 0 Å². The standard InChI is InChI=1S/C15H25N3O2/c1-5-17-15(19)12-7-6-11(16)8-13(12)18-14(9-20-4)10(2)3/h6-8,10,14,18H,5,9,16H2,1-4H3,(H,17,19). The van der Waals surface area contributed by atoms with Gasteiger partial charge in [-0.15, -0.1) is 0 Å². The van der Waals surface area contributed by atoms with Crippen LogP contribution in [-0.4, -0.2) is 32.2 Å². The van der Waals surface area contributed by atoms with Crippen LogP contribution in [-0.2, 0) is 4.74 Å². The third-order valence-electron chi connectivity index (χ3n) is 3.12. The Morgan fingerprint density at radius 2 is 2.10 bits per heavy atom. The lowest BCUT2D eigenvalue weighted by atomic mass is 10.0. The Morgan fingerprint density at radius 1 is 1.40 bits per heavy atom. The molecule has 1 aromatic rings. The summed E-state index contributed by atoms with van der Waals surface area (Å²) in [5.41, 5.74) is 7.79. The summed E-state index contributed by atoms with van der Waals surface area (Å²) in [6.07, 6.45) is 0. The second-order valence-electron chi connectivity index (χ2n) is 5.11. The predicted octanol–water partition coefficient (Wildman–Crippen LogP) is 2.10. The molecule has 0 saturated carbocycles. The van der Waals surface area contributed by atoms with Crippen molar-refractivity contribution in [1.29, 1.82) is 0 Å². The van der Waals surface area contributed by atoms with Crippen molar-refractivity contribution in [3.8, 4) is 0 Å². The van der Waals surface area contributed by atoms with Crippen LogP contribution in [0.2, 0.25) is 0 Å². The molecule has 1 atom stereocenters. The highest BCUT2D eigenvalue weighted by Crippen LogP contribution is 2.22. The zero-order valence-corrected chi connectivity index (χ0v) is 12.7. The van der Waals surface area contributed by atoms with E-state index >= 15 is 0 Å². The van der Waals surface area contributed by atoms with Gasteiger partial charge in [0, 0.05) is 25.0 Å². The van der Waals surface area contributed by atoms with Gasteiger partial charge in [0.2, 0.25) is 0 Å². The number of hydrogen-bond donors (Lipinski definition) is 3. The Labute approximate surface area is 120 Å². The van der Waals surface area contributed by atoms with Crippen LogP contribution in [0.1, 0.15) is 31.1 Å². The maximum Gasteiger partial charge on any atom is 0.253 e. The fourth-order valence-corrected chi connectivity index (χ4v) is 1.92. The smallest absolute Gasteiger partial charge is 0.253 e. The molecule has 5 nitrogen and oxygen atoms in total. The fourth-order valence-electron chi connectivity index (χ4n) is 1.92. The number of carbonyl (C=O) groups excluding carboxylic acids is 1. The zero-order valence-electron chi connectivity index (χ0n) is 12.7. The van der Waals surface area contributed by atoms with Gasteiger partial charge in [-0.3, -0.25) is 4.79 Å². The number of nitrogens with one attached hydrogen (secondary N) is 2. The van der Waals surface area contributed by atoms with Gasteiger partial charge in [-0.1, -0.05) is 13.8 Å². The highest BCUT2D eigenvalue weighted by atomic mass is 16.5. The van der Waals surface area contributed by atoms with Gasteiger partial charge in [0.25, 0.3) is 5.91 Å². The molecule has 0 saturated heterocycles. The summed E-state index contributed by atoms with van der Waals surface area (Å²) in [4.78, 5) is 12.1. The summed E-state index contributed by atoms with van der Waals surface area (Å²) in [7, 11) is 1.67. The summed E-state index contributed by atoms with van der Waals surface area (Å²) >= 11 is 0. The molecule has 112 valence electrons. The lowest BCUT2D eigenvalue weighted by Gasteiger charge is -2.24. The average molecular weight is 279 g/mol. The SMILES string of the molecule is CCNC(=O)c1ccc(N)cc1NC(COC)C(C)C. The van der Waals surface area contributed by atoms with Gasteiger partial charge < -0.3 is 21.1 Å². The normalized spacial score (nSPS) is 12.2. The fraction of sp³-hybridized carbons (Fsp3) is 0.533. The number of benzene rings is 1. The van der Waals surface area contributed by atoms with Crippen molar-refractivity contribution in [2.24, 2.45) is 5.92 Å². The van der Waals surface area contributed by atoms with Crippen molar-refractivity contribution in [3.05, 3.63) is 23.8 Å². The number of amides is 1. The Kier molecular flexibility index (Phi) is 6.31. The summed E-state index contributed by atoms with van der Waals surface area (Å²) in [6.45, 7) is 7.27. The molecule has 0 aliphatic heterocycles. The number of rotatable bonds is 7. The van der Waals surface area contributed by atoms with Crippen molar-refractivity contribution >= 4 is 17.3 Å². The summed E-state index contributed by atoms with van der Waals surface area (Å²) in [5.74, 6) is 0.272. The molecule has 4 N–H and O–H groups in total. The Bertz CT molecular complexity index is 447. The molecule has 0 aliphatic rings. The molecule has 1 rings (SSSR count). The molecule has 0 aliphatic carbocycles. The van der Waals surface area contributed by atoms with Crippen LogP contribution in [0.3, 0.4) is 0 Å². The van der Waals surface area contributed by atoms with Gasteiger partial charge in [0.05, 0.1) is 18.2 Å². The zero-order chi connectivity index (χ0) is 15.1. The Balaban J connectivity index is 3.02. The quantitative estimate of drug-likeness (QED) is 0.668. The molecule has 0 heterocycles. The van der Waals surface area contributed by atoms with E-state index in [2.05, 4.69) is 24.5 Å². The first-order valence-corrected chi connectivity index (χ1v) is 6.92. The molecule has 0 aromatic heterocycles. The van der Waals surface area contributed by atoms with Crippen LogP contribution in [0, 0.1) is 5.92 Å².